The summed E-state index contributed by atoms with van der Waals surface area (Å²) in [6.07, 6.45) is 0. The van der Waals surface area contributed by atoms with Gasteiger partial charge in [0.05, 0.1) is 6.61 Å². The van der Waals surface area contributed by atoms with E-state index in [9.17, 15) is 4.79 Å². The first-order valence-electron chi connectivity index (χ1n) is 4.32. The zero-order chi connectivity index (χ0) is 10.5. The van der Waals surface area contributed by atoms with Crippen LogP contribution in [-0.2, 0) is 19.0 Å². The average molecular weight is 190 g/mol. The van der Waals surface area contributed by atoms with Gasteiger partial charge in [-0.3, -0.25) is 0 Å². The summed E-state index contributed by atoms with van der Waals surface area (Å²) >= 11 is 0. The molecule has 0 fully saturated rings. The maximum atomic E-state index is 11.5. The van der Waals surface area contributed by atoms with Gasteiger partial charge in [0.2, 0.25) is 0 Å². The first-order valence-corrected chi connectivity index (χ1v) is 4.32. The molecule has 0 unspecified atom stereocenters. The Kier molecular flexibility index (Phi) is 4.95. The van der Waals surface area contributed by atoms with Gasteiger partial charge in [0.1, 0.15) is 0 Å². The minimum atomic E-state index is -1.27. The topological polar surface area (TPSA) is 44.8 Å². The van der Waals surface area contributed by atoms with E-state index < -0.39 is 11.8 Å². The number of carbonyl (C=O) groups is 1. The lowest BCUT2D eigenvalue weighted by atomic mass is 10.0. The van der Waals surface area contributed by atoms with Gasteiger partial charge in [0, 0.05) is 20.1 Å². The fraction of sp³-hybridized carbons (Fsp3) is 0.889. The first-order chi connectivity index (χ1) is 6.05. The van der Waals surface area contributed by atoms with Crippen LogP contribution in [0.3, 0.4) is 0 Å². The van der Waals surface area contributed by atoms with Crippen molar-refractivity contribution >= 4 is 5.97 Å². The smallest absolute Gasteiger partial charge is 0.367 e. The quantitative estimate of drug-likeness (QED) is 0.482. The van der Waals surface area contributed by atoms with Gasteiger partial charge in [-0.25, -0.2) is 4.79 Å². The van der Waals surface area contributed by atoms with E-state index in [-0.39, 0.29) is 5.92 Å². The van der Waals surface area contributed by atoms with Gasteiger partial charge in [-0.15, -0.1) is 0 Å². The van der Waals surface area contributed by atoms with Crippen LogP contribution in [0.1, 0.15) is 20.8 Å². The molecule has 0 N–H and O–H groups in total. The van der Waals surface area contributed by atoms with Gasteiger partial charge in [-0.05, 0) is 6.92 Å². The fourth-order valence-corrected chi connectivity index (χ4v) is 1.19. The standard InChI is InChI=1S/C9H18O4/c1-6-13-8(10)9(11-4,12-5)7(2)3/h7H,6H2,1-5H3. The summed E-state index contributed by atoms with van der Waals surface area (Å²) in [5.41, 5.74) is 0. The molecule has 0 saturated carbocycles. The van der Waals surface area contributed by atoms with Crippen molar-refractivity contribution < 1.29 is 19.0 Å². The lowest BCUT2D eigenvalue weighted by Gasteiger charge is -2.31. The van der Waals surface area contributed by atoms with Crippen molar-refractivity contribution in [3.63, 3.8) is 0 Å². The summed E-state index contributed by atoms with van der Waals surface area (Å²) in [5, 5.41) is 0. The Morgan fingerprint density at radius 1 is 1.31 bits per heavy atom. The maximum Gasteiger partial charge on any atom is 0.367 e. The first kappa shape index (κ1) is 12.4. The molecule has 4 nitrogen and oxygen atoms in total. The summed E-state index contributed by atoms with van der Waals surface area (Å²) in [6, 6.07) is 0. The molecule has 0 aliphatic rings. The van der Waals surface area contributed by atoms with Crippen molar-refractivity contribution in [1.29, 1.82) is 0 Å². The zero-order valence-corrected chi connectivity index (χ0v) is 8.92. The third-order valence-electron chi connectivity index (χ3n) is 1.93. The molecule has 13 heavy (non-hydrogen) atoms. The van der Waals surface area contributed by atoms with Crippen LogP contribution in [0.5, 0.6) is 0 Å². The summed E-state index contributed by atoms with van der Waals surface area (Å²) in [6.45, 7) is 5.74. The molecule has 0 radical (unpaired) electrons. The Balaban J connectivity index is 4.65. The Morgan fingerprint density at radius 3 is 2.00 bits per heavy atom. The highest BCUT2D eigenvalue weighted by atomic mass is 16.7. The number of carbonyl (C=O) groups excluding carboxylic acids is 1. The Hall–Kier alpha value is -0.610. The molecule has 0 aromatic rings. The van der Waals surface area contributed by atoms with E-state index >= 15 is 0 Å². The predicted molar refractivity (Wildman–Crippen MR) is 48.2 cm³/mol. The molecule has 4 heteroatoms. The molecule has 0 aliphatic heterocycles. The molecule has 0 atom stereocenters. The largest absolute Gasteiger partial charge is 0.462 e. The van der Waals surface area contributed by atoms with E-state index in [1.807, 2.05) is 13.8 Å². The van der Waals surface area contributed by atoms with Gasteiger partial charge in [0.15, 0.2) is 0 Å². The van der Waals surface area contributed by atoms with Crippen LogP contribution in [0.4, 0.5) is 0 Å². The molecule has 0 aliphatic carbocycles. The number of methoxy groups -OCH3 is 2. The molecule has 0 amide bonds. The van der Waals surface area contributed by atoms with E-state index in [1.165, 1.54) is 14.2 Å². The second-order valence-corrected chi connectivity index (χ2v) is 2.95. The molecule has 0 spiro atoms. The van der Waals surface area contributed by atoms with Crippen LogP contribution in [0, 0.1) is 5.92 Å². The van der Waals surface area contributed by atoms with Crippen molar-refractivity contribution in [2.24, 2.45) is 5.92 Å². The minimum absolute atomic E-state index is 0.0958. The van der Waals surface area contributed by atoms with Gasteiger partial charge in [0.25, 0.3) is 5.79 Å². The zero-order valence-electron chi connectivity index (χ0n) is 8.92. The van der Waals surface area contributed by atoms with Crippen LogP contribution in [0.2, 0.25) is 0 Å². The van der Waals surface area contributed by atoms with Gasteiger partial charge >= 0.3 is 5.97 Å². The van der Waals surface area contributed by atoms with E-state index in [4.69, 9.17) is 14.2 Å². The number of hydrogen-bond donors (Lipinski definition) is 0. The normalized spacial score (nSPS) is 11.8. The molecule has 0 aromatic heterocycles. The van der Waals surface area contributed by atoms with Crippen molar-refractivity contribution in [2.45, 2.75) is 26.6 Å². The monoisotopic (exact) mass is 190 g/mol. The van der Waals surface area contributed by atoms with Gasteiger partial charge in [-0.1, -0.05) is 13.8 Å². The van der Waals surface area contributed by atoms with Gasteiger partial charge < -0.3 is 14.2 Å². The summed E-state index contributed by atoms with van der Waals surface area (Å²) < 4.78 is 15.0. The van der Waals surface area contributed by atoms with Gasteiger partial charge in [-0.2, -0.15) is 0 Å². The fourth-order valence-electron chi connectivity index (χ4n) is 1.19. The van der Waals surface area contributed by atoms with Crippen molar-refractivity contribution in [3.05, 3.63) is 0 Å². The van der Waals surface area contributed by atoms with Crippen LogP contribution >= 0.6 is 0 Å². The number of rotatable bonds is 5. The predicted octanol–water partition coefficient (Wildman–Crippen LogP) is 1.19. The van der Waals surface area contributed by atoms with Crippen LogP contribution in [0.25, 0.3) is 0 Å². The van der Waals surface area contributed by atoms with Crippen LogP contribution in [0.15, 0.2) is 0 Å². The Bertz CT molecular complexity index is 161. The van der Waals surface area contributed by atoms with Crippen molar-refractivity contribution in [2.75, 3.05) is 20.8 Å². The van der Waals surface area contributed by atoms with Crippen molar-refractivity contribution in [1.82, 2.24) is 0 Å². The highest BCUT2D eigenvalue weighted by molar-refractivity contribution is 5.78. The Labute approximate surface area is 79.2 Å². The highest BCUT2D eigenvalue weighted by Gasteiger charge is 2.43. The molecule has 0 heterocycles. The highest BCUT2D eigenvalue weighted by Crippen LogP contribution is 2.23. The van der Waals surface area contributed by atoms with Crippen LogP contribution in [-0.4, -0.2) is 32.6 Å². The molecular formula is C9H18O4. The van der Waals surface area contributed by atoms with E-state index in [1.54, 1.807) is 6.92 Å². The SMILES string of the molecule is CCOC(=O)C(OC)(OC)C(C)C. The molecule has 0 rings (SSSR count). The number of esters is 1. The van der Waals surface area contributed by atoms with Crippen LogP contribution < -0.4 is 0 Å². The molecule has 78 valence electrons. The summed E-state index contributed by atoms with van der Waals surface area (Å²) in [4.78, 5) is 11.5. The third kappa shape index (κ3) is 2.42. The van der Waals surface area contributed by atoms with E-state index in [0.717, 1.165) is 0 Å². The second kappa shape index (κ2) is 5.19. The summed E-state index contributed by atoms with van der Waals surface area (Å²) in [7, 11) is 2.86. The average Bonchev–Trinajstić information content (AvgIpc) is 2.07. The van der Waals surface area contributed by atoms with E-state index in [2.05, 4.69) is 0 Å². The van der Waals surface area contributed by atoms with E-state index in [0.29, 0.717) is 6.61 Å². The third-order valence-corrected chi connectivity index (χ3v) is 1.93. The minimum Gasteiger partial charge on any atom is -0.462 e. The van der Waals surface area contributed by atoms with Crippen molar-refractivity contribution in [3.8, 4) is 0 Å². The number of hydrogen-bond acceptors (Lipinski definition) is 4. The molecule has 0 saturated heterocycles. The molecular weight excluding hydrogens is 172 g/mol. The lowest BCUT2D eigenvalue weighted by molar-refractivity contribution is -0.245. The summed E-state index contributed by atoms with van der Waals surface area (Å²) in [5.74, 6) is -1.84. The maximum absolute atomic E-state index is 11.5. The second-order valence-electron chi connectivity index (χ2n) is 2.95. The Morgan fingerprint density at radius 2 is 1.77 bits per heavy atom. The molecule has 0 bridgehead atoms. The molecule has 0 aromatic carbocycles. The number of ether oxygens (including phenoxy) is 3. The lowest BCUT2D eigenvalue weighted by Crippen LogP contribution is -2.48.